The Labute approximate surface area is 232 Å². The first-order chi connectivity index (χ1) is 18.7. The minimum Gasteiger partial charge on any atom is -0.394 e. The molecule has 8 nitrogen and oxygen atoms in total. The fourth-order valence-corrected chi connectivity index (χ4v) is 6.22. The molecule has 0 fully saturated rings. The summed E-state index contributed by atoms with van der Waals surface area (Å²) in [6.07, 6.45) is -5.73. The van der Waals surface area contributed by atoms with Crippen LogP contribution in [0.3, 0.4) is 0 Å². The van der Waals surface area contributed by atoms with Crippen molar-refractivity contribution >= 4 is 26.8 Å². The summed E-state index contributed by atoms with van der Waals surface area (Å²) in [5.74, 6) is -2.80. The van der Waals surface area contributed by atoms with Gasteiger partial charge >= 0.3 is 6.18 Å². The van der Waals surface area contributed by atoms with Crippen molar-refractivity contribution in [1.29, 1.82) is 0 Å². The number of amides is 1. The first-order valence-corrected chi connectivity index (χ1v) is 14.6. The molecule has 0 saturated heterocycles. The molecule has 2 aromatic carbocycles. The van der Waals surface area contributed by atoms with E-state index >= 15 is 0 Å². The Morgan fingerprint density at radius 1 is 1.15 bits per heavy atom. The van der Waals surface area contributed by atoms with Gasteiger partial charge in [0.05, 0.1) is 25.4 Å². The first kappa shape index (κ1) is 30.0. The number of aliphatic hydroxyl groups is 1. The van der Waals surface area contributed by atoms with Crippen LogP contribution >= 0.6 is 0 Å². The van der Waals surface area contributed by atoms with Crippen LogP contribution in [0, 0.1) is 5.92 Å². The van der Waals surface area contributed by atoms with E-state index in [0.29, 0.717) is 15.6 Å². The number of carbonyl (C=O) groups is 1. The molecule has 0 aliphatic carbocycles. The fraction of sp³-hybridized carbons (Fsp3) is 0.464. The molecule has 2 heterocycles. The van der Waals surface area contributed by atoms with Crippen LogP contribution in [0.5, 0.6) is 0 Å². The molecule has 0 saturated carbocycles. The largest absolute Gasteiger partial charge is 0.404 e. The number of likely N-dealkylation sites (N-methyl/N-ethyl adjacent to an activating group) is 1. The molecule has 0 bridgehead atoms. The highest BCUT2D eigenvalue weighted by atomic mass is 32.2. The normalized spacial score (nSPS) is 19.8. The lowest BCUT2D eigenvalue weighted by Gasteiger charge is -2.35. The molecule has 0 unspecified atom stereocenters. The predicted octanol–water partition coefficient (Wildman–Crippen LogP) is 4.03. The first-order valence-electron chi connectivity index (χ1n) is 12.9. The van der Waals surface area contributed by atoms with Crippen molar-refractivity contribution in [3.8, 4) is 11.1 Å². The van der Waals surface area contributed by atoms with E-state index in [0.717, 1.165) is 29.1 Å². The van der Waals surface area contributed by atoms with E-state index in [2.05, 4.69) is 0 Å². The number of ether oxygens (including phenoxy) is 1. The highest BCUT2D eigenvalue weighted by Gasteiger charge is 2.39. The number of para-hydroxylation sites is 1. The number of hydrogen-bond acceptors (Lipinski definition) is 5. The molecule has 12 heteroatoms. The van der Waals surface area contributed by atoms with E-state index in [9.17, 15) is 31.5 Å². The number of fused-ring (bicyclic) bond motifs is 5. The van der Waals surface area contributed by atoms with E-state index in [1.54, 1.807) is 13.8 Å². The zero-order chi connectivity index (χ0) is 29.4. The molecule has 1 N–H and O–H groups in total. The Hall–Kier alpha value is -2.93. The average Bonchev–Trinajstić information content (AvgIpc) is 3.18. The fourth-order valence-electron chi connectivity index (χ4n) is 5.21. The van der Waals surface area contributed by atoms with Gasteiger partial charge in [0.25, 0.3) is 5.91 Å². The summed E-state index contributed by atoms with van der Waals surface area (Å²) in [6, 6.07) is 14.5. The van der Waals surface area contributed by atoms with Gasteiger partial charge < -0.3 is 19.3 Å². The van der Waals surface area contributed by atoms with Crippen LogP contribution in [-0.4, -0.2) is 84.0 Å². The quantitative estimate of drug-likeness (QED) is 0.475. The zero-order valence-electron chi connectivity index (χ0n) is 22.9. The molecule has 3 atom stereocenters. The van der Waals surface area contributed by atoms with E-state index in [-0.39, 0.29) is 32.2 Å². The number of benzene rings is 2. The molecule has 4 rings (SSSR count). The number of alkyl halides is 3. The molecule has 1 aromatic heterocycles. The Morgan fingerprint density at radius 2 is 1.80 bits per heavy atom. The second-order valence-electron chi connectivity index (χ2n) is 10.4. The van der Waals surface area contributed by atoms with Gasteiger partial charge in [0.1, 0.15) is 5.69 Å². The third kappa shape index (κ3) is 6.04. The highest BCUT2D eigenvalue weighted by molar-refractivity contribution is 7.89. The number of rotatable bonds is 6. The van der Waals surface area contributed by atoms with Gasteiger partial charge in [-0.25, -0.2) is 12.7 Å². The number of aromatic nitrogens is 1. The average molecular weight is 582 g/mol. The van der Waals surface area contributed by atoms with Crippen molar-refractivity contribution in [2.75, 3.05) is 32.5 Å². The lowest BCUT2D eigenvalue weighted by molar-refractivity contribution is -0.107. The monoisotopic (exact) mass is 581 g/mol. The lowest BCUT2D eigenvalue weighted by Crippen LogP contribution is -2.48. The smallest absolute Gasteiger partial charge is 0.394 e. The van der Waals surface area contributed by atoms with Gasteiger partial charge in [0.2, 0.25) is 10.0 Å². The summed E-state index contributed by atoms with van der Waals surface area (Å²) in [4.78, 5) is 15.8. The van der Waals surface area contributed by atoms with E-state index in [1.807, 2.05) is 60.1 Å². The molecule has 1 aliphatic heterocycles. The second-order valence-corrected chi connectivity index (χ2v) is 12.5. The van der Waals surface area contributed by atoms with Gasteiger partial charge in [0.15, 0.2) is 5.75 Å². The number of carbonyl (C=O) groups excluding carboxylic acids is 1. The summed E-state index contributed by atoms with van der Waals surface area (Å²) in [6.45, 7) is 2.93. The number of aryl methyl sites for hydroxylation is 1. The van der Waals surface area contributed by atoms with Crippen LogP contribution in [0.15, 0.2) is 48.5 Å². The van der Waals surface area contributed by atoms with Crippen molar-refractivity contribution < 1.29 is 36.2 Å². The lowest BCUT2D eigenvalue weighted by atomic mass is 9.96. The van der Waals surface area contributed by atoms with Gasteiger partial charge in [-0.1, -0.05) is 49.4 Å². The van der Waals surface area contributed by atoms with Crippen molar-refractivity contribution in [3.05, 3.63) is 59.8 Å². The van der Waals surface area contributed by atoms with Crippen molar-refractivity contribution in [3.63, 3.8) is 0 Å². The molecule has 3 aromatic rings. The molecule has 218 valence electrons. The maximum absolute atomic E-state index is 14.3. The SMILES string of the molecule is C[C@H]1CN([C@@H](C)CO)C(=O)c2c(c3ccccc3n2C)-c2ccccc2CO[C@H]1CN(C)S(=O)(=O)CC(F)(F)F. The van der Waals surface area contributed by atoms with Gasteiger partial charge in [0, 0.05) is 49.6 Å². The predicted molar refractivity (Wildman–Crippen MR) is 146 cm³/mol. The van der Waals surface area contributed by atoms with Crippen LogP contribution in [-0.2, 0) is 28.4 Å². The summed E-state index contributed by atoms with van der Waals surface area (Å²) in [5, 5.41) is 10.9. The summed E-state index contributed by atoms with van der Waals surface area (Å²) >= 11 is 0. The van der Waals surface area contributed by atoms with Crippen LogP contribution in [0.2, 0.25) is 0 Å². The van der Waals surface area contributed by atoms with E-state index in [1.165, 1.54) is 4.90 Å². The van der Waals surface area contributed by atoms with Crippen LogP contribution in [0.25, 0.3) is 22.0 Å². The summed E-state index contributed by atoms with van der Waals surface area (Å²) in [5.41, 5.74) is 3.51. The molecule has 1 amide bonds. The van der Waals surface area contributed by atoms with E-state index in [4.69, 9.17) is 4.74 Å². The van der Waals surface area contributed by atoms with Crippen LogP contribution < -0.4 is 0 Å². The molecule has 0 spiro atoms. The maximum atomic E-state index is 14.3. The standard InChI is InChI=1S/C28H34F3N3O5S/c1-18-13-34(19(2)15-35)27(36)26-25(22-11-7-8-12-23(22)33(26)4)21-10-6-5-9-20(21)16-39-24(18)14-32(3)40(37,38)17-28(29,30)31/h5-12,18-19,24,35H,13-17H2,1-4H3/t18-,19-,24-/m0/s1. The summed E-state index contributed by atoms with van der Waals surface area (Å²) in [7, 11) is -1.74. The second kappa shape index (κ2) is 11.5. The number of hydrogen-bond donors (Lipinski definition) is 1. The number of nitrogens with zero attached hydrogens (tertiary/aromatic N) is 3. The van der Waals surface area contributed by atoms with Crippen molar-refractivity contribution in [1.82, 2.24) is 13.8 Å². The van der Waals surface area contributed by atoms with Gasteiger partial charge in [-0.05, 0) is 24.1 Å². The molecule has 40 heavy (non-hydrogen) atoms. The zero-order valence-corrected chi connectivity index (χ0v) is 23.7. The highest BCUT2D eigenvalue weighted by Crippen LogP contribution is 2.38. The summed E-state index contributed by atoms with van der Waals surface area (Å²) < 4.78 is 72.5. The number of halogens is 3. The molecular weight excluding hydrogens is 547 g/mol. The Bertz CT molecular complexity index is 1490. The van der Waals surface area contributed by atoms with Gasteiger partial charge in [-0.2, -0.15) is 13.2 Å². The third-order valence-electron chi connectivity index (χ3n) is 7.48. The molecular formula is C28H34F3N3O5S. The van der Waals surface area contributed by atoms with Gasteiger partial charge in [-0.15, -0.1) is 0 Å². The van der Waals surface area contributed by atoms with E-state index < -0.39 is 40.0 Å². The third-order valence-corrected chi connectivity index (χ3v) is 9.27. The minimum atomic E-state index is -4.89. The van der Waals surface area contributed by atoms with Crippen molar-refractivity contribution in [2.45, 2.75) is 38.8 Å². The van der Waals surface area contributed by atoms with Crippen LogP contribution in [0.1, 0.15) is 29.9 Å². The molecule has 1 aliphatic rings. The number of sulfonamides is 1. The maximum Gasteiger partial charge on any atom is 0.404 e. The van der Waals surface area contributed by atoms with Crippen LogP contribution in [0.4, 0.5) is 13.2 Å². The Balaban J connectivity index is 1.84. The van der Waals surface area contributed by atoms with Gasteiger partial charge in [-0.3, -0.25) is 4.79 Å². The Kier molecular flexibility index (Phi) is 8.65. The minimum absolute atomic E-state index is 0.0464. The Morgan fingerprint density at radius 3 is 2.48 bits per heavy atom. The van der Waals surface area contributed by atoms with Crippen molar-refractivity contribution in [2.24, 2.45) is 13.0 Å². The topological polar surface area (TPSA) is 92.1 Å². The number of aliphatic hydroxyl groups excluding tert-OH is 1. The molecule has 0 radical (unpaired) electrons.